The van der Waals surface area contributed by atoms with E-state index >= 15 is 0 Å². The first-order chi connectivity index (χ1) is 15.2. The van der Waals surface area contributed by atoms with Crippen LogP contribution in [0.2, 0.25) is 0 Å². The van der Waals surface area contributed by atoms with Gasteiger partial charge in [-0.25, -0.2) is 0 Å². The lowest BCUT2D eigenvalue weighted by Gasteiger charge is -2.21. The Morgan fingerprint density at radius 2 is 2.00 bits per heavy atom. The molecule has 0 unspecified atom stereocenters. The van der Waals surface area contributed by atoms with E-state index in [1.807, 2.05) is 24.3 Å². The highest BCUT2D eigenvalue weighted by molar-refractivity contribution is 7.99. The molecule has 1 aliphatic carbocycles. The first-order valence-corrected chi connectivity index (χ1v) is 12.0. The number of amides is 1. The number of benzene rings is 1. The Bertz CT molecular complexity index is 908. The summed E-state index contributed by atoms with van der Waals surface area (Å²) in [6, 6.07) is 5.93. The van der Waals surface area contributed by atoms with Gasteiger partial charge in [-0.15, -0.1) is 16.8 Å². The molecule has 0 spiro atoms. The predicted octanol–water partition coefficient (Wildman–Crippen LogP) is 3.73. The molecule has 31 heavy (non-hydrogen) atoms. The van der Waals surface area contributed by atoms with Gasteiger partial charge >= 0.3 is 0 Å². The minimum atomic E-state index is -0.00471. The van der Waals surface area contributed by atoms with E-state index in [1.165, 1.54) is 43.9 Å². The summed E-state index contributed by atoms with van der Waals surface area (Å²) in [7, 11) is 0. The summed E-state index contributed by atoms with van der Waals surface area (Å²) in [4.78, 5) is 12.4. The van der Waals surface area contributed by atoms with E-state index < -0.39 is 0 Å². The molecule has 1 aromatic carbocycles. The van der Waals surface area contributed by atoms with Gasteiger partial charge < -0.3 is 19.4 Å². The van der Waals surface area contributed by atoms with Crippen molar-refractivity contribution in [2.45, 2.75) is 56.1 Å². The lowest BCUT2D eigenvalue weighted by Crippen LogP contribution is -2.27. The van der Waals surface area contributed by atoms with Crippen molar-refractivity contribution in [1.29, 1.82) is 0 Å². The predicted molar refractivity (Wildman–Crippen MR) is 121 cm³/mol. The molecule has 0 bridgehead atoms. The molecule has 166 valence electrons. The fourth-order valence-corrected chi connectivity index (χ4v) is 4.93. The molecule has 1 fully saturated rings. The van der Waals surface area contributed by atoms with Crippen molar-refractivity contribution in [3.63, 3.8) is 0 Å². The second-order valence-corrected chi connectivity index (χ2v) is 8.88. The second kappa shape index (κ2) is 10.7. The monoisotopic (exact) mass is 442 g/mol. The summed E-state index contributed by atoms with van der Waals surface area (Å²) in [5.74, 6) is 3.39. The summed E-state index contributed by atoms with van der Waals surface area (Å²) in [6.07, 6.45) is 8.75. The average Bonchev–Trinajstić information content (AvgIpc) is 3.21. The number of nitrogens with one attached hydrogen (secondary N) is 1. The number of hydrogen-bond donors (Lipinski definition) is 1. The Morgan fingerprint density at radius 1 is 1.19 bits per heavy atom. The van der Waals surface area contributed by atoms with E-state index in [0.29, 0.717) is 38.0 Å². The smallest absolute Gasteiger partial charge is 0.230 e. The quantitative estimate of drug-likeness (QED) is 0.471. The molecule has 1 amide bonds. The molecule has 0 radical (unpaired) electrons. The molecule has 0 atom stereocenters. The Morgan fingerprint density at radius 3 is 2.81 bits per heavy atom. The van der Waals surface area contributed by atoms with Crippen LogP contribution in [0.5, 0.6) is 11.5 Å². The van der Waals surface area contributed by atoms with E-state index in [-0.39, 0.29) is 5.91 Å². The first-order valence-electron chi connectivity index (χ1n) is 11.1. The van der Waals surface area contributed by atoms with Gasteiger partial charge in [-0.3, -0.25) is 4.79 Å². The van der Waals surface area contributed by atoms with Crippen LogP contribution in [0.4, 0.5) is 0 Å². The van der Waals surface area contributed by atoms with Crippen LogP contribution in [0.3, 0.4) is 0 Å². The molecular formula is C23H30N4O3S. The Balaban J connectivity index is 1.26. The van der Waals surface area contributed by atoms with Crippen molar-refractivity contribution in [1.82, 2.24) is 20.1 Å². The molecule has 2 heterocycles. The molecular weight excluding hydrogens is 412 g/mol. The zero-order valence-electron chi connectivity index (χ0n) is 17.8. The van der Waals surface area contributed by atoms with Crippen molar-refractivity contribution >= 4 is 17.7 Å². The first kappa shape index (κ1) is 21.7. The molecule has 1 saturated carbocycles. The van der Waals surface area contributed by atoms with Crippen molar-refractivity contribution in [3.05, 3.63) is 42.2 Å². The minimum absolute atomic E-state index is 0.00471. The van der Waals surface area contributed by atoms with Gasteiger partial charge in [0, 0.05) is 19.0 Å². The number of fused-ring (bicyclic) bond motifs is 1. The van der Waals surface area contributed by atoms with E-state index in [0.717, 1.165) is 34.5 Å². The minimum Gasteiger partial charge on any atom is -0.486 e. The van der Waals surface area contributed by atoms with Gasteiger partial charge in [0.1, 0.15) is 19.0 Å². The summed E-state index contributed by atoms with van der Waals surface area (Å²) in [5.41, 5.74) is 1.11. The van der Waals surface area contributed by atoms with Crippen molar-refractivity contribution in [2.75, 3.05) is 25.5 Å². The second-order valence-electron chi connectivity index (χ2n) is 7.94. The molecule has 4 rings (SSSR count). The lowest BCUT2D eigenvalue weighted by molar-refractivity contribution is -0.118. The van der Waals surface area contributed by atoms with Crippen molar-refractivity contribution < 1.29 is 14.3 Å². The average molecular weight is 443 g/mol. The molecule has 1 N–H and O–H groups in total. The van der Waals surface area contributed by atoms with Crippen LogP contribution in [-0.4, -0.2) is 46.2 Å². The Kier molecular flexibility index (Phi) is 7.51. The molecule has 7 nitrogen and oxygen atoms in total. The molecule has 2 aromatic rings. The van der Waals surface area contributed by atoms with Gasteiger partial charge in [-0.2, -0.15) is 0 Å². The number of hydrogen-bond acceptors (Lipinski definition) is 6. The molecule has 2 aliphatic rings. The SMILES string of the molecule is C=CCn1c(SCC(=O)NCCc2ccc3c(c2)OCCO3)nnc1C1CCCCC1. The number of carbonyl (C=O) groups is 1. The highest BCUT2D eigenvalue weighted by atomic mass is 32.2. The fourth-order valence-electron chi connectivity index (χ4n) is 4.14. The maximum atomic E-state index is 12.4. The molecule has 8 heteroatoms. The van der Waals surface area contributed by atoms with Crippen LogP contribution in [0.25, 0.3) is 0 Å². The number of rotatable bonds is 9. The lowest BCUT2D eigenvalue weighted by atomic mass is 9.89. The number of aromatic nitrogens is 3. The van der Waals surface area contributed by atoms with Crippen LogP contribution < -0.4 is 14.8 Å². The molecule has 0 saturated heterocycles. The summed E-state index contributed by atoms with van der Waals surface area (Å²) < 4.78 is 13.3. The van der Waals surface area contributed by atoms with Gasteiger partial charge in [0.05, 0.1) is 5.75 Å². The maximum absolute atomic E-state index is 12.4. The molecule has 1 aliphatic heterocycles. The third-order valence-corrected chi connectivity index (χ3v) is 6.67. The van der Waals surface area contributed by atoms with Crippen LogP contribution >= 0.6 is 11.8 Å². The normalized spacial score (nSPS) is 16.1. The van der Waals surface area contributed by atoms with Gasteiger partial charge in [0.15, 0.2) is 16.7 Å². The highest BCUT2D eigenvalue weighted by Gasteiger charge is 2.23. The van der Waals surface area contributed by atoms with Crippen LogP contribution in [0, 0.1) is 0 Å². The van der Waals surface area contributed by atoms with Crippen LogP contribution in [-0.2, 0) is 17.8 Å². The highest BCUT2D eigenvalue weighted by Crippen LogP contribution is 2.33. The van der Waals surface area contributed by atoms with E-state index in [9.17, 15) is 4.79 Å². The van der Waals surface area contributed by atoms with Crippen molar-refractivity contribution in [2.24, 2.45) is 0 Å². The number of thioether (sulfide) groups is 1. The zero-order valence-corrected chi connectivity index (χ0v) is 18.7. The van der Waals surface area contributed by atoms with E-state index in [4.69, 9.17) is 9.47 Å². The summed E-state index contributed by atoms with van der Waals surface area (Å²) in [6.45, 7) is 6.28. The standard InChI is InChI=1S/C23H30N4O3S/c1-2-12-27-22(18-6-4-3-5-7-18)25-26-23(27)31-16-21(28)24-11-10-17-8-9-19-20(15-17)30-14-13-29-19/h2,8-9,15,18H,1,3-7,10-14,16H2,(H,24,28). The number of carbonyl (C=O) groups excluding carboxylic acids is 1. The number of nitrogens with zero attached hydrogens (tertiary/aromatic N) is 3. The number of ether oxygens (including phenoxy) is 2. The third kappa shape index (κ3) is 5.61. The maximum Gasteiger partial charge on any atom is 0.230 e. The van der Waals surface area contributed by atoms with Gasteiger partial charge in [0.2, 0.25) is 5.91 Å². The summed E-state index contributed by atoms with van der Waals surface area (Å²) in [5, 5.41) is 12.6. The zero-order chi connectivity index (χ0) is 21.5. The third-order valence-electron chi connectivity index (χ3n) is 5.70. The van der Waals surface area contributed by atoms with Crippen molar-refractivity contribution in [3.8, 4) is 11.5 Å². The largest absolute Gasteiger partial charge is 0.486 e. The topological polar surface area (TPSA) is 78.3 Å². The molecule has 1 aromatic heterocycles. The van der Waals surface area contributed by atoms with Gasteiger partial charge in [0.25, 0.3) is 0 Å². The fraction of sp³-hybridized carbons (Fsp3) is 0.522. The van der Waals surface area contributed by atoms with Crippen LogP contribution in [0.15, 0.2) is 36.0 Å². The van der Waals surface area contributed by atoms with E-state index in [2.05, 4.69) is 26.7 Å². The van der Waals surface area contributed by atoms with Gasteiger partial charge in [-0.05, 0) is 37.0 Å². The van der Waals surface area contributed by atoms with Crippen LogP contribution in [0.1, 0.15) is 49.4 Å². The van der Waals surface area contributed by atoms with Gasteiger partial charge in [-0.1, -0.05) is 43.2 Å². The summed E-state index contributed by atoms with van der Waals surface area (Å²) >= 11 is 1.44. The van der Waals surface area contributed by atoms with E-state index in [1.54, 1.807) is 0 Å². The number of allylic oxidation sites excluding steroid dienone is 1. The Labute approximate surface area is 187 Å². The Hall–Kier alpha value is -2.48.